The zero-order valence-corrected chi connectivity index (χ0v) is 9.10. The summed E-state index contributed by atoms with van der Waals surface area (Å²) in [6, 6.07) is 4.14. The number of hydrogen-bond donors (Lipinski definition) is 0. The molecule has 0 aliphatic heterocycles. The SMILES string of the molecule is CN(C)C=Nc1cc([N+](=O)[O-])ccc1Cl. The van der Waals surface area contributed by atoms with E-state index in [1.165, 1.54) is 24.5 Å². The maximum atomic E-state index is 10.5. The van der Waals surface area contributed by atoms with Crippen LogP contribution in [0.3, 0.4) is 0 Å². The highest BCUT2D eigenvalue weighted by Crippen LogP contribution is 2.28. The quantitative estimate of drug-likeness (QED) is 0.345. The highest BCUT2D eigenvalue weighted by atomic mass is 35.5. The number of halogens is 1. The molecule has 0 heterocycles. The van der Waals surface area contributed by atoms with Gasteiger partial charge in [-0.25, -0.2) is 4.99 Å². The van der Waals surface area contributed by atoms with Crippen molar-refractivity contribution in [2.75, 3.05) is 14.1 Å². The molecule has 0 radical (unpaired) electrons. The van der Waals surface area contributed by atoms with Crippen LogP contribution in [0, 0.1) is 10.1 Å². The van der Waals surface area contributed by atoms with Crippen molar-refractivity contribution in [1.29, 1.82) is 0 Å². The van der Waals surface area contributed by atoms with Gasteiger partial charge in [0.05, 0.1) is 22.0 Å². The van der Waals surface area contributed by atoms with Crippen LogP contribution in [0.25, 0.3) is 0 Å². The number of nitro groups is 1. The Bertz CT molecular complexity index is 404. The van der Waals surface area contributed by atoms with Gasteiger partial charge < -0.3 is 4.90 Å². The minimum Gasteiger partial charge on any atom is -0.369 e. The lowest BCUT2D eigenvalue weighted by atomic mass is 10.3. The van der Waals surface area contributed by atoms with Gasteiger partial charge in [-0.05, 0) is 6.07 Å². The zero-order valence-electron chi connectivity index (χ0n) is 8.35. The number of rotatable bonds is 3. The molecule has 0 unspecified atom stereocenters. The largest absolute Gasteiger partial charge is 0.369 e. The lowest BCUT2D eigenvalue weighted by Gasteiger charge is -2.03. The molecule has 15 heavy (non-hydrogen) atoms. The number of non-ortho nitro benzene ring substituents is 1. The molecule has 80 valence electrons. The molecular weight excluding hydrogens is 218 g/mol. The summed E-state index contributed by atoms with van der Waals surface area (Å²) in [5.41, 5.74) is 0.366. The van der Waals surface area contributed by atoms with Crippen molar-refractivity contribution in [2.45, 2.75) is 0 Å². The Morgan fingerprint density at radius 1 is 1.53 bits per heavy atom. The standard InChI is InChI=1S/C9H10ClN3O2/c1-12(2)6-11-9-5-7(13(14)15)3-4-8(9)10/h3-6H,1-2H3. The summed E-state index contributed by atoms with van der Waals surface area (Å²) in [5, 5.41) is 10.9. The molecule has 0 saturated heterocycles. The van der Waals surface area contributed by atoms with E-state index in [-0.39, 0.29) is 5.69 Å². The lowest BCUT2D eigenvalue weighted by molar-refractivity contribution is -0.384. The van der Waals surface area contributed by atoms with E-state index >= 15 is 0 Å². The minimum atomic E-state index is -0.481. The van der Waals surface area contributed by atoms with E-state index in [9.17, 15) is 10.1 Å². The first kappa shape index (κ1) is 11.5. The second-order valence-electron chi connectivity index (χ2n) is 3.10. The van der Waals surface area contributed by atoms with Crippen molar-refractivity contribution in [3.63, 3.8) is 0 Å². The first-order valence-corrected chi connectivity index (χ1v) is 4.53. The van der Waals surface area contributed by atoms with Crippen molar-refractivity contribution in [3.8, 4) is 0 Å². The predicted molar refractivity (Wildman–Crippen MR) is 59.9 cm³/mol. The molecule has 0 aromatic heterocycles. The average molecular weight is 228 g/mol. The van der Waals surface area contributed by atoms with Gasteiger partial charge in [-0.2, -0.15) is 0 Å². The summed E-state index contributed by atoms with van der Waals surface area (Å²) >= 11 is 5.83. The Balaban J connectivity index is 3.05. The average Bonchev–Trinajstić information content (AvgIpc) is 2.16. The molecule has 0 atom stereocenters. The van der Waals surface area contributed by atoms with Crippen molar-refractivity contribution in [2.24, 2.45) is 4.99 Å². The van der Waals surface area contributed by atoms with Crippen LogP contribution < -0.4 is 0 Å². The number of benzene rings is 1. The Kier molecular flexibility index (Phi) is 3.62. The van der Waals surface area contributed by atoms with Crippen LogP contribution in [0.1, 0.15) is 0 Å². The Morgan fingerprint density at radius 2 is 2.20 bits per heavy atom. The van der Waals surface area contributed by atoms with Gasteiger partial charge in [0.15, 0.2) is 0 Å². The maximum absolute atomic E-state index is 10.5. The smallest absolute Gasteiger partial charge is 0.271 e. The van der Waals surface area contributed by atoms with E-state index in [0.29, 0.717) is 10.7 Å². The molecular formula is C9H10ClN3O2. The Hall–Kier alpha value is -1.62. The van der Waals surface area contributed by atoms with Crippen LogP contribution in [-0.2, 0) is 0 Å². The third-order valence-electron chi connectivity index (χ3n) is 1.57. The van der Waals surface area contributed by atoms with Gasteiger partial charge in [0, 0.05) is 26.2 Å². The zero-order chi connectivity index (χ0) is 11.4. The molecule has 1 aromatic carbocycles. The number of nitrogens with zero attached hydrogens (tertiary/aromatic N) is 3. The van der Waals surface area contributed by atoms with Gasteiger partial charge in [0.1, 0.15) is 0 Å². The van der Waals surface area contributed by atoms with Gasteiger partial charge in [-0.3, -0.25) is 10.1 Å². The van der Waals surface area contributed by atoms with Gasteiger partial charge in [0.25, 0.3) is 5.69 Å². The molecule has 0 fully saturated rings. The molecule has 1 aromatic rings. The fourth-order valence-electron chi connectivity index (χ4n) is 0.891. The molecule has 6 heteroatoms. The fraction of sp³-hybridized carbons (Fsp3) is 0.222. The summed E-state index contributed by atoms with van der Waals surface area (Å²) < 4.78 is 0. The monoisotopic (exact) mass is 227 g/mol. The third-order valence-corrected chi connectivity index (χ3v) is 1.89. The van der Waals surface area contributed by atoms with Crippen LogP contribution >= 0.6 is 11.6 Å². The van der Waals surface area contributed by atoms with E-state index in [1.807, 2.05) is 0 Å². The van der Waals surface area contributed by atoms with Crippen molar-refractivity contribution in [1.82, 2.24) is 4.90 Å². The predicted octanol–water partition coefficient (Wildman–Crippen LogP) is 2.47. The van der Waals surface area contributed by atoms with Crippen LogP contribution in [0.15, 0.2) is 23.2 Å². The van der Waals surface area contributed by atoms with Crippen molar-refractivity contribution in [3.05, 3.63) is 33.3 Å². The molecule has 0 saturated carbocycles. The molecule has 1 rings (SSSR count). The third kappa shape index (κ3) is 3.21. The topological polar surface area (TPSA) is 58.7 Å². The molecule has 0 bridgehead atoms. The van der Waals surface area contributed by atoms with E-state index in [4.69, 9.17) is 11.6 Å². The van der Waals surface area contributed by atoms with E-state index in [1.54, 1.807) is 19.0 Å². The van der Waals surface area contributed by atoms with Crippen LogP contribution in [-0.4, -0.2) is 30.3 Å². The number of aliphatic imine (C=N–C) groups is 1. The molecule has 0 aliphatic rings. The summed E-state index contributed by atoms with van der Waals surface area (Å²) in [6.07, 6.45) is 1.53. The molecule has 0 N–H and O–H groups in total. The van der Waals surface area contributed by atoms with Gasteiger partial charge in [-0.15, -0.1) is 0 Å². The van der Waals surface area contributed by atoms with E-state index in [0.717, 1.165) is 0 Å². The van der Waals surface area contributed by atoms with Gasteiger partial charge in [-0.1, -0.05) is 11.6 Å². The first-order chi connectivity index (χ1) is 7.00. The normalized spacial score (nSPS) is 10.6. The van der Waals surface area contributed by atoms with Crippen LogP contribution in [0.5, 0.6) is 0 Å². The highest BCUT2D eigenvalue weighted by Gasteiger charge is 2.08. The van der Waals surface area contributed by atoms with Gasteiger partial charge in [0.2, 0.25) is 0 Å². The molecule has 0 aliphatic carbocycles. The second kappa shape index (κ2) is 4.75. The number of nitro benzene ring substituents is 1. The van der Waals surface area contributed by atoms with Gasteiger partial charge >= 0.3 is 0 Å². The minimum absolute atomic E-state index is 0.0229. The second-order valence-corrected chi connectivity index (χ2v) is 3.51. The number of hydrogen-bond acceptors (Lipinski definition) is 3. The fourth-order valence-corrected chi connectivity index (χ4v) is 1.06. The lowest BCUT2D eigenvalue weighted by Crippen LogP contribution is -2.07. The Labute approximate surface area is 92.1 Å². The summed E-state index contributed by atoms with van der Waals surface area (Å²) in [4.78, 5) is 15.8. The summed E-state index contributed by atoms with van der Waals surface area (Å²) in [7, 11) is 3.60. The summed E-state index contributed by atoms with van der Waals surface area (Å²) in [5.74, 6) is 0. The molecule has 0 amide bonds. The summed E-state index contributed by atoms with van der Waals surface area (Å²) in [6.45, 7) is 0. The molecule has 0 spiro atoms. The maximum Gasteiger partial charge on any atom is 0.271 e. The molecule has 5 nitrogen and oxygen atoms in total. The highest BCUT2D eigenvalue weighted by molar-refractivity contribution is 6.33. The van der Waals surface area contributed by atoms with Crippen LogP contribution in [0.4, 0.5) is 11.4 Å². The van der Waals surface area contributed by atoms with Crippen molar-refractivity contribution < 1.29 is 4.92 Å². The first-order valence-electron chi connectivity index (χ1n) is 4.15. The van der Waals surface area contributed by atoms with E-state index in [2.05, 4.69) is 4.99 Å². The van der Waals surface area contributed by atoms with E-state index < -0.39 is 4.92 Å². The Morgan fingerprint density at radius 3 is 2.73 bits per heavy atom. The van der Waals surface area contributed by atoms with Crippen LogP contribution in [0.2, 0.25) is 5.02 Å². The van der Waals surface area contributed by atoms with Crippen molar-refractivity contribution >= 4 is 29.3 Å².